The average Bonchev–Trinajstić information content (AvgIpc) is 2.72. The fourth-order valence-electron chi connectivity index (χ4n) is 1.42. The Labute approximate surface area is 112 Å². The van der Waals surface area contributed by atoms with Gasteiger partial charge in [-0.2, -0.15) is 4.98 Å². The maximum absolute atomic E-state index is 11.5. The number of ether oxygens (including phenoxy) is 1. The lowest BCUT2D eigenvalue weighted by molar-refractivity contribution is 0.0512. The highest BCUT2D eigenvalue weighted by atomic mass is 79.9. The molecule has 2 rings (SSSR count). The number of rotatable bonds is 3. The van der Waals surface area contributed by atoms with Crippen molar-refractivity contribution in [2.24, 2.45) is 7.05 Å². The highest BCUT2D eigenvalue weighted by Crippen LogP contribution is 2.23. The smallest absolute Gasteiger partial charge is 0.378 e. The summed E-state index contributed by atoms with van der Waals surface area (Å²) in [6.45, 7) is 2.02. The third-order valence-corrected chi connectivity index (χ3v) is 2.83. The van der Waals surface area contributed by atoms with Crippen molar-refractivity contribution in [2.75, 3.05) is 6.61 Å². The number of nitrogens with zero attached hydrogens (tertiary/aromatic N) is 4. The van der Waals surface area contributed by atoms with Gasteiger partial charge in [0.25, 0.3) is 5.82 Å². The molecule has 0 amide bonds. The SMILES string of the molecule is CCOC(=O)c1nc(-c2ncccc2Br)n(C)n1. The van der Waals surface area contributed by atoms with Crippen LogP contribution in [0.3, 0.4) is 0 Å². The van der Waals surface area contributed by atoms with Crippen molar-refractivity contribution >= 4 is 21.9 Å². The molecule has 2 aromatic rings. The first-order valence-corrected chi connectivity index (χ1v) is 6.11. The number of esters is 1. The first-order chi connectivity index (χ1) is 8.63. The standard InChI is InChI=1S/C11H11BrN4O2/c1-3-18-11(17)9-14-10(16(2)15-9)8-7(12)5-4-6-13-8/h4-6H,3H2,1-2H3. The zero-order valence-corrected chi connectivity index (χ0v) is 11.5. The van der Waals surface area contributed by atoms with E-state index in [0.29, 0.717) is 18.1 Å². The third-order valence-electron chi connectivity index (χ3n) is 2.19. The number of hydrogen-bond acceptors (Lipinski definition) is 5. The molecule has 0 bridgehead atoms. The molecule has 0 N–H and O–H groups in total. The molecular weight excluding hydrogens is 300 g/mol. The van der Waals surface area contributed by atoms with Gasteiger partial charge in [0, 0.05) is 17.7 Å². The quantitative estimate of drug-likeness (QED) is 0.809. The predicted octanol–water partition coefficient (Wildman–Crippen LogP) is 1.82. The van der Waals surface area contributed by atoms with Gasteiger partial charge in [0.05, 0.1) is 6.61 Å². The molecule has 0 aliphatic rings. The van der Waals surface area contributed by atoms with E-state index in [9.17, 15) is 4.79 Å². The Morgan fingerprint density at radius 3 is 3.00 bits per heavy atom. The first kappa shape index (κ1) is 12.7. The molecule has 6 nitrogen and oxygen atoms in total. The highest BCUT2D eigenvalue weighted by Gasteiger charge is 2.18. The summed E-state index contributed by atoms with van der Waals surface area (Å²) < 4.78 is 7.14. The molecular formula is C11H11BrN4O2. The van der Waals surface area contributed by atoms with Crippen LogP contribution in [0.4, 0.5) is 0 Å². The van der Waals surface area contributed by atoms with E-state index in [4.69, 9.17) is 4.74 Å². The fraction of sp³-hybridized carbons (Fsp3) is 0.273. The number of halogens is 1. The Balaban J connectivity index is 2.42. The summed E-state index contributed by atoms with van der Waals surface area (Å²) in [5.41, 5.74) is 0.628. The summed E-state index contributed by atoms with van der Waals surface area (Å²) in [7, 11) is 1.70. The molecule has 0 spiro atoms. The Morgan fingerprint density at radius 1 is 1.56 bits per heavy atom. The van der Waals surface area contributed by atoms with Crippen LogP contribution >= 0.6 is 15.9 Å². The molecule has 0 aromatic carbocycles. The largest absolute Gasteiger partial charge is 0.460 e. The van der Waals surface area contributed by atoms with Crippen LogP contribution in [0, 0.1) is 0 Å². The molecule has 0 aliphatic carbocycles. The zero-order valence-electron chi connectivity index (χ0n) is 9.92. The number of aryl methyl sites for hydroxylation is 1. The minimum Gasteiger partial charge on any atom is -0.460 e. The van der Waals surface area contributed by atoms with E-state index in [1.54, 1.807) is 26.2 Å². The van der Waals surface area contributed by atoms with Crippen molar-refractivity contribution in [3.8, 4) is 11.5 Å². The summed E-state index contributed by atoms with van der Waals surface area (Å²) in [5.74, 6) is 0.00355. The van der Waals surface area contributed by atoms with E-state index < -0.39 is 5.97 Å². The maximum Gasteiger partial charge on any atom is 0.378 e. The summed E-state index contributed by atoms with van der Waals surface area (Å²) in [5, 5.41) is 4.02. The van der Waals surface area contributed by atoms with Crippen LogP contribution in [0.15, 0.2) is 22.8 Å². The number of hydrogen-bond donors (Lipinski definition) is 0. The number of carbonyl (C=O) groups is 1. The van der Waals surface area contributed by atoms with Gasteiger partial charge in [0.1, 0.15) is 5.69 Å². The lowest BCUT2D eigenvalue weighted by atomic mass is 10.3. The molecule has 0 unspecified atom stereocenters. The Bertz CT molecular complexity index is 582. The molecule has 0 aliphatic heterocycles. The van der Waals surface area contributed by atoms with Crippen molar-refractivity contribution in [3.05, 3.63) is 28.6 Å². The van der Waals surface area contributed by atoms with Gasteiger partial charge in [0.15, 0.2) is 5.82 Å². The second-order valence-corrected chi connectivity index (χ2v) is 4.29. The number of pyridine rings is 1. The van der Waals surface area contributed by atoms with Crippen LogP contribution in [-0.2, 0) is 11.8 Å². The maximum atomic E-state index is 11.5. The topological polar surface area (TPSA) is 69.9 Å². The van der Waals surface area contributed by atoms with E-state index in [1.165, 1.54) is 4.68 Å². The molecule has 7 heteroatoms. The van der Waals surface area contributed by atoms with Gasteiger partial charge in [0.2, 0.25) is 0 Å². The van der Waals surface area contributed by atoms with Gasteiger partial charge in [-0.15, -0.1) is 5.10 Å². The molecule has 94 valence electrons. The monoisotopic (exact) mass is 310 g/mol. The second kappa shape index (κ2) is 5.26. The minimum atomic E-state index is -0.536. The van der Waals surface area contributed by atoms with Crippen LogP contribution in [0.25, 0.3) is 11.5 Å². The Hall–Kier alpha value is -1.76. The lowest BCUT2D eigenvalue weighted by Gasteiger charge is -2.00. The van der Waals surface area contributed by atoms with Crippen LogP contribution < -0.4 is 0 Å². The lowest BCUT2D eigenvalue weighted by Crippen LogP contribution is -2.07. The van der Waals surface area contributed by atoms with Crippen LogP contribution in [-0.4, -0.2) is 32.3 Å². The van der Waals surface area contributed by atoms with E-state index >= 15 is 0 Å². The summed E-state index contributed by atoms with van der Waals surface area (Å²) in [6.07, 6.45) is 1.65. The zero-order chi connectivity index (χ0) is 13.1. The minimum absolute atomic E-state index is 0.0342. The van der Waals surface area contributed by atoms with Crippen molar-refractivity contribution < 1.29 is 9.53 Å². The molecule has 0 saturated heterocycles. The predicted molar refractivity (Wildman–Crippen MR) is 67.9 cm³/mol. The summed E-state index contributed by atoms with van der Waals surface area (Å²) >= 11 is 3.38. The van der Waals surface area contributed by atoms with E-state index in [2.05, 4.69) is 31.0 Å². The number of aromatic nitrogens is 4. The second-order valence-electron chi connectivity index (χ2n) is 3.44. The van der Waals surface area contributed by atoms with Crippen molar-refractivity contribution in [2.45, 2.75) is 6.92 Å². The Kier molecular flexibility index (Phi) is 3.71. The van der Waals surface area contributed by atoms with E-state index in [0.717, 1.165) is 4.47 Å². The van der Waals surface area contributed by atoms with Crippen LogP contribution in [0.1, 0.15) is 17.5 Å². The van der Waals surface area contributed by atoms with Gasteiger partial charge in [-0.25, -0.2) is 9.48 Å². The Morgan fingerprint density at radius 2 is 2.33 bits per heavy atom. The molecule has 0 radical (unpaired) electrons. The van der Waals surface area contributed by atoms with Gasteiger partial charge in [-0.3, -0.25) is 4.98 Å². The molecule has 0 saturated carbocycles. The third kappa shape index (κ3) is 2.40. The molecule has 2 aromatic heterocycles. The number of carbonyl (C=O) groups excluding carboxylic acids is 1. The summed E-state index contributed by atoms with van der Waals surface area (Å²) in [6, 6.07) is 3.65. The first-order valence-electron chi connectivity index (χ1n) is 5.32. The van der Waals surface area contributed by atoms with Gasteiger partial charge in [-0.1, -0.05) is 0 Å². The van der Waals surface area contributed by atoms with Crippen molar-refractivity contribution in [1.29, 1.82) is 0 Å². The van der Waals surface area contributed by atoms with Gasteiger partial charge >= 0.3 is 5.97 Å². The average molecular weight is 311 g/mol. The summed E-state index contributed by atoms with van der Waals surface area (Å²) in [4.78, 5) is 19.9. The van der Waals surface area contributed by atoms with E-state index in [1.807, 2.05) is 6.07 Å². The molecule has 0 fully saturated rings. The molecule has 0 atom stereocenters. The van der Waals surface area contributed by atoms with Crippen LogP contribution in [0.5, 0.6) is 0 Å². The highest BCUT2D eigenvalue weighted by molar-refractivity contribution is 9.10. The van der Waals surface area contributed by atoms with E-state index in [-0.39, 0.29) is 5.82 Å². The molecule has 18 heavy (non-hydrogen) atoms. The normalized spacial score (nSPS) is 10.4. The van der Waals surface area contributed by atoms with Gasteiger partial charge in [-0.05, 0) is 35.0 Å². The van der Waals surface area contributed by atoms with Gasteiger partial charge < -0.3 is 4.74 Å². The fourth-order valence-corrected chi connectivity index (χ4v) is 1.86. The van der Waals surface area contributed by atoms with Crippen LogP contribution in [0.2, 0.25) is 0 Å². The van der Waals surface area contributed by atoms with Crippen molar-refractivity contribution in [3.63, 3.8) is 0 Å². The van der Waals surface area contributed by atoms with Crippen molar-refractivity contribution in [1.82, 2.24) is 19.7 Å². The molecule has 2 heterocycles.